The number of hydrogen-bond donors (Lipinski definition) is 1. The first-order valence-corrected chi connectivity index (χ1v) is 8.04. The molecule has 0 bridgehead atoms. The Bertz CT molecular complexity index is 853. The Balaban J connectivity index is 1.79. The highest BCUT2D eigenvalue weighted by Crippen LogP contribution is 2.17. The lowest BCUT2D eigenvalue weighted by Gasteiger charge is -2.15. The Kier molecular flexibility index (Phi) is 4.91. The average molecular weight is 323 g/mol. The molecular weight excluding hydrogens is 302 g/mol. The van der Waals surface area contributed by atoms with E-state index in [9.17, 15) is 4.79 Å². The molecule has 0 fully saturated rings. The first-order valence-electron chi connectivity index (χ1n) is 8.04. The fourth-order valence-electron chi connectivity index (χ4n) is 2.68. The number of furan rings is 1. The van der Waals surface area contributed by atoms with Crippen molar-refractivity contribution in [3.63, 3.8) is 0 Å². The van der Waals surface area contributed by atoms with Crippen LogP contribution in [0.2, 0.25) is 0 Å². The van der Waals surface area contributed by atoms with Crippen molar-refractivity contribution < 1.29 is 4.42 Å². The van der Waals surface area contributed by atoms with Gasteiger partial charge in [-0.05, 0) is 37.2 Å². The molecule has 0 aliphatic carbocycles. The van der Waals surface area contributed by atoms with Crippen molar-refractivity contribution in [2.24, 2.45) is 0 Å². The minimum Gasteiger partial charge on any atom is -0.468 e. The summed E-state index contributed by atoms with van der Waals surface area (Å²) >= 11 is 0. The lowest BCUT2D eigenvalue weighted by atomic mass is 10.1. The fraction of sp³-hybridized carbons (Fsp3) is 0.263. The van der Waals surface area contributed by atoms with Gasteiger partial charge in [0.2, 0.25) is 0 Å². The number of nitrogens with zero attached hydrogens (tertiary/aromatic N) is 2. The molecule has 24 heavy (non-hydrogen) atoms. The Morgan fingerprint density at radius 1 is 1.17 bits per heavy atom. The van der Waals surface area contributed by atoms with E-state index in [1.165, 1.54) is 0 Å². The first kappa shape index (κ1) is 16.2. The van der Waals surface area contributed by atoms with Crippen molar-refractivity contribution in [1.82, 2.24) is 14.9 Å². The minimum atomic E-state index is -0.114. The van der Waals surface area contributed by atoms with Gasteiger partial charge in [0.1, 0.15) is 11.6 Å². The molecule has 0 aliphatic rings. The van der Waals surface area contributed by atoms with Crippen LogP contribution in [-0.4, -0.2) is 21.9 Å². The Labute approximate surface area is 141 Å². The average Bonchev–Trinajstić information content (AvgIpc) is 3.07. The second-order valence-electron chi connectivity index (χ2n) is 5.89. The molecule has 0 unspecified atom stereocenters. The zero-order chi connectivity index (χ0) is 16.9. The summed E-state index contributed by atoms with van der Waals surface area (Å²) in [6, 6.07) is 13.5. The quantitative estimate of drug-likeness (QED) is 0.756. The van der Waals surface area contributed by atoms with Crippen molar-refractivity contribution >= 4 is 0 Å². The van der Waals surface area contributed by atoms with Crippen molar-refractivity contribution in [3.05, 3.63) is 76.1 Å². The molecule has 0 radical (unpaired) electrons. The maximum absolute atomic E-state index is 11.8. The van der Waals surface area contributed by atoms with Crippen LogP contribution in [0.4, 0.5) is 0 Å². The summed E-state index contributed by atoms with van der Waals surface area (Å²) in [4.78, 5) is 21.3. The zero-order valence-electron chi connectivity index (χ0n) is 14.0. The number of aromatic amines is 1. The highest BCUT2D eigenvalue weighted by Gasteiger charge is 2.07. The van der Waals surface area contributed by atoms with E-state index in [1.807, 2.05) is 38.2 Å². The molecule has 0 atom stereocenters. The number of rotatable bonds is 6. The molecule has 124 valence electrons. The second kappa shape index (κ2) is 7.27. The largest absolute Gasteiger partial charge is 0.468 e. The normalized spacial score (nSPS) is 11.1. The molecule has 3 rings (SSSR count). The van der Waals surface area contributed by atoms with E-state index in [0.717, 1.165) is 42.1 Å². The number of hydrogen-bond acceptors (Lipinski definition) is 4. The van der Waals surface area contributed by atoms with Crippen LogP contribution in [0.3, 0.4) is 0 Å². The standard InChI is InChI=1S/C19H21N3O2/c1-3-16-11-18(23)21-19(20-16)15-7-4-6-14(10-15)12-22(2)13-17-8-5-9-24-17/h4-11H,3,12-13H2,1-2H3,(H,20,21,23). The van der Waals surface area contributed by atoms with Crippen molar-refractivity contribution in [1.29, 1.82) is 0 Å². The summed E-state index contributed by atoms with van der Waals surface area (Å²) in [5.41, 5.74) is 2.77. The van der Waals surface area contributed by atoms with Gasteiger partial charge in [-0.15, -0.1) is 0 Å². The van der Waals surface area contributed by atoms with Gasteiger partial charge in [-0.1, -0.05) is 25.1 Å². The van der Waals surface area contributed by atoms with E-state index in [1.54, 1.807) is 12.3 Å². The molecule has 0 amide bonds. The predicted octanol–water partition coefficient (Wildman–Crippen LogP) is 3.22. The van der Waals surface area contributed by atoms with E-state index in [2.05, 4.69) is 27.0 Å². The summed E-state index contributed by atoms with van der Waals surface area (Å²) in [6.07, 6.45) is 2.43. The topological polar surface area (TPSA) is 62.1 Å². The van der Waals surface area contributed by atoms with Gasteiger partial charge in [-0.2, -0.15) is 0 Å². The van der Waals surface area contributed by atoms with E-state index >= 15 is 0 Å². The lowest BCUT2D eigenvalue weighted by molar-refractivity contribution is 0.288. The fourth-order valence-corrected chi connectivity index (χ4v) is 2.68. The highest BCUT2D eigenvalue weighted by atomic mass is 16.3. The van der Waals surface area contributed by atoms with Crippen LogP contribution in [0.15, 0.2) is 57.9 Å². The molecule has 0 saturated heterocycles. The van der Waals surface area contributed by atoms with Gasteiger partial charge in [-0.3, -0.25) is 9.69 Å². The smallest absolute Gasteiger partial charge is 0.251 e. The summed E-state index contributed by atoms with van der Waals surface area (Å²) in [6.45, 7) is 3.52. The van der Waals surface area contributed by atoms with Gasteiger partial charge in [-0.25, -0.2) is 4.98 Å². The van der Waals surface area contributed by atoms with Crippen molar-refractivity contribution in [2.75, 3.05) is 7.05 Å². The summed E-state index contributed by atoms with van der Waals surface area (Å²) in [7, 11) is 2.05. The van der Waals surface area contributed by atoms with E-state index < -0.39 is 0 Å². The van der Waals surface area contributed by atoms with E-state index in [0.29, 0.717) is 5.82 Å². The van der Waals surface area contributed by atoms with Crippen molar-refractivity contribution in [3.8, 4) is 11.4 Å². The van der Waals surface area contributed by atoms with Gasteiger partial charge >= 0.3 is 0 Å². The van der Waals surface area contributed by atoms with E-state index in [4.69, 9.17) is 4.42 Å². The molecule has 2 aromatic heterocycles. The number of benzene rings is 1. The van der Waals surface area contributed by atoms with Crippen LogP contribution in [0, 0.1) is 0 Å². The van der Waals surface area contributed by atoms with Crippen LogP contribution >= 0.6 is 0 Å². The van der Waals surface area contributed by atoms with Crippen molar-refractivity contribution in [2.45, 2.75) is 26.4 Å². The van der Waals surface area contributed by atoms with Crippen LogP contribution in [-0.2, 0) is 19.5 Å². The monoisotopic (exact) mass is 323 g/mol. The highest BCUT2D eigenvalue weighted by molar-refractivity contribution is 5.56. The molecule has 1 aromatic carbocycles. The maximum Gasteiger partial charge on any atom is 0.251 e. The molecule has 5 nitrogen and oxygen atoms in total. The molecule has 2 heterocycles. The van der Waals surface area contributed by atoms with Crippen LogP contribution in [0.5, 0.6) is 0 Å². The summed E-state index contributed by atoms with van der Waals surface area (Å²) < 4.78 is 5.38. The summed E-state index contributed by atoms with van der Waals surface area (Å²) in [5, 5.41) is 0. The lowest BCUT2D eigenvalue weighted by Crippen LogP contribution is -2.17. The zero-order valence-corrected chi connectivity index (χ0v) is 14.0. The van der Waals surface area contributed by atoms with Gasteiger partial charge < -0.3 is 9.40 Å². The van der Waals surface area contributed by atoms with Crippen LogP contribution in [0.25, 0.3) is 11.4 Å². The van der Waals surface area contributed by atoms with Gasteiger partial charge in [0.15, 0.2) is 0 Å². The van der Waals surface area contributed by atoms with E-state index in [-0.39, 0.29) is 5.56 Å². The summed E-state index contributed by atoms with van der Waals surface area (Å²) in [5.74, 6) is 1.56. The first-order chi connectivity index (χ1) is 11.6. The molecule has 0 saturated carbocycles. The molecule has 5 heteroatoms. The molecule has 0 aliphatic heterocycles. The Morgan fingerprint density at radius 2 is 2.04 bits per heavy atom. The number of nitrogens with one attached hydrogen (secondary N) is 1. The number of H-pyrrole nitrogens is 1. The van der Waals surface area contributed by atoms with Gasteiger partial charge in [0, 0.05) is 23.9 Å². The SMILES string of the molecule is CCc1cc(=O)[nH]c(-c2cccc(CN(C)Cc3ccco3)c2)n1. The second-order valence-corrected chi connectivity index (χ2v) is 5.89. The number of aryl methyl sites for hydroxylation is 1. The molecular formula is C19H21N3O2. The van der Waals surface area contributed by atoms with Gasteiger partial charge in [0.05, 0.1) is 12.8 Å². The maximum atomic E-state index is 11.8. The Hall–Kier alpha value is -2.66. The molecule has 3 aromatic rings. The molecule has 1 N–H and O–H groups in total. The Morgan fingerprint density at radius 3 is 2.79 bits per heavy atom. The van der Waals surface area contributed by atoms with Gasteiger partial charge in [0.25, 0.3) is 5.56 Å². The number of aromatic nitrogens is 2. The third-order valence-electron chi connectivity index (χ3n) is 3.82. The molecule has 0 spiro atoms. The minimum absolute atomic E-state index is 0.114. The predicted molar refractivity (Wildman–Crippen MR) is 93.6 cm³/mol. The van der Waals surface area contributed by atoms with Crippen LogP contribution < -0.4 is 5.56 Å². The van der Waals surface area contributed by atoms with Crippen LogP contribution in [0.1, 0.15) is 23.9 Å². The third-order valence-corrected chi connectivity index (χ3v) is 3.82. The third kappa shape index (κ3) is 4.00.